The molecule has 0 amide bonds. The predicted molar refractivity (Wildman–Crippen MR) is 88.6 cm³/mol. The van der Waals surface area contributed by atoms with E-state index in [9.17, 15) is 8.42 Å². The lowest BCUT2D eigenvalue weighted by atomic mass is 9.97. The van der Waals surface area contributed by atoms with Crippen molar-refractivity contribution in [3.05, 3.63) is 22.7 Å². The molecule has 0 radical (unpaired) electrons. The van der Waals surface area contributed by atoms with Crippen LogP contribution in [-0.4, -0.2) is 51.4 Å². The molecular formula is C14H22BrN3O2S. The highest BCUT2D eigenvalue weighted by Gasteiger charge is 2.26. The average molecular weight is 376 g/mol. The molecule has 7 heteroatoms. The predicted octanol–water partition coefficient (Wildman–Crippen LogP) is 1.99. The van der Waals surface area contributed by atoms with E-state index in [0.717, 1.165) is 25.9 Å². The first-order valence-electron chi connectivity index (χ1n) is 7.00. The van der Waals surface area contributed by atoms with E-state index in [1.807, 2.05) is 0 Å². The second kappa shape index (κ2) is 6.64. The summed E-state index contributed by atoms with van der Waals surface area (Å²) in [6, 6.07) is 4.73. The summed E-state index contributed by atoms with van der Waals surface area (Å²) in [6.45, 7) is 2.64. The van der Waals surface area contributed by atoms with Gasteiger partial charge in [0.25, 0.3) is 0 Å². The molecule has 1 fully saturated rings. The number of halogens is 1. The highest BCUT2D eigenvalue weighted by Crippen LogP contribution is 2.26. The van der Waals surface area contributed by atoms with Crippen LogP contribution < -0.4 is 5.73 Å². The van der Waals surface area contributed by atoms with Crippen LogP contribution in [0.5, 0.6) is 0 Å². The summed E-state index contributed by atoms with van der Waals surface area (Å²) in [4.78, 5) is 2.56. The number of sulfonamides is 1. The van der Waals surface area contributed by atoms with Gasteiger partial charge in [0.05, 0.1) is 4.90 Å². The minimum absolute atomic E-state index is 0.277. The number of nitrogens with zero attached hydrogens (tertiary/aromatic N) is 2. The highest BCUT2D eigenvalue weighted by molar-refractivity contribution is 9.10. The molecule has 1 aromatic rings. The van der Waals surface area contributed by atoms with Crippen LogP contribution >= 0.6 is 15.9 Å². The fraction of sp³-hybridized carbons (Fsp3) is 0.571. The van der Waals surface area contributed by atoms with Crippen molar-refractivity contribution < 1.29 is 8.42 Å². The summed E-state index contributed by atoms with van der Waals surface area (Å²) in [7, 11) is 0.294. The molecule has 0 unspecified atom stereocenters. The SMILES string of the molecule is CN1CCC(CN(C)S(=O)(=O)c2ccc(N)c(Br)c2)CC1. The van der Waals surface area contributed by atoms with Gasteiger partial charge in [0, 0.05) is 23.8 Å². The van der Waals surface area contributed by atoms with Crippen molar-refractivity contribution in [2.75, 3.05) is 39.5 Å². The molecule has 2 rings (SSSR count). The first-order chi connectivity index (χ1) is 9.80. The molecule has 0 bridgehead atoms. The fourth-order valence-electron chi connectivity index (χ4n) is 2.55. The molecule has 1 saturated heterocycles. The Morgan fingerprint density at radius 3 is 2.57 bits per heavy atom. The van der Waals surface area contributed by atoms with Crippen molar-refractivity contribution in [3.63, 3.8) is 0 Å². The molecule has 0 saturated carbocycles. The molecule has 5 nitrogen and oxygen atoms in total. The van der Waals surface area contributed by atoms with E-state index in [4.69, 9.17) is 5.73 Å². The lowest BCUT2D eigenvalue weighted by Crippen LogP contribution is -2.37. The first kappa shape index (κ1) is 16.7. The Balaban J connectivity index is 2.09. The molecule has 0 aliphatic carbocycles. The van der Waals surface area contributed by atoms with Crippen LogP contribution in [0.15, 0.2) is 27.6 Å². The van der Waals surface area contributed by atoms with Gasteiger partial charge in [0.2, 0.25) is 10.0 Å². The van der Waals surface area contributed by atoms with E-state index in [1.54, 1.807) is 25.2 Å². The Labute approximate surface area is 135 Å². The normalized spacial score (nSPS) is 18.3. The number of nitrogens with two attached hydrogens (primary N) is 1. The quantitative estimate of drug-likeness (QED) is 0.817. The molecule has 21 heavy (non-hydrogen) atoms. The van der Waals surface area contributed by atoms with Crippen LogP contribution in [0.25, 0.3) is 0 Å². The van der Waals surface area contributed by atoms with E-state index < -0.39 is 10.0 Å². The van der Waals surface area contributed by atoms with Gasteiger partial charge in [-0.15, -0.1) is 0 Å². The van der Waals surface area contributed by atoms with Gasteiger partial charge in [-0.05, 0) is 73.0 Å². The van der Waals surface area contributed by atoms with E-state index in [0.29, 0.717) is 22.6 Å². The second-order valence-electron chi connectivity index (χ2n) is 5.72. The molecule has 2 N–H and O–H groups in total. The number of likely N-dealkylation sites (tertiary alicyclic amines) is 1. The Bertz CT molecular complexity index is 598. The maximum Gasteiger partial charge on any atom is 0.242 e. The maximum absolute atomic E-state index is 12.6. The molecule has 1 aromatic carbocycles. The zero-order valence-corrected chi connectivity index (χ0v) is 14.8. The van der Waals surface area contributed by atoms with Gasteiger partial charge in [-0.1, -0.05) is 0 Å². The van der Waals surface area contributed by atoms with Crippen LogP contribution in [0.2, 0.25) is 0 Å². The fourth-order valence-corrected chi connectivity index (χ4v) is 4.36. The van der Waals surface area contributed by atoms with E-state index in [-0.39, 0.29) is 4.90 Å². The second-order valence-corrected chi connectivity index (χ2v) is 8.61. The van der Waals surface area contributed by atoms with Gasteiger partial charge >= 0.3 is 0 Å². The summed E-state index contributed by atoms with van der Waals surface area (Å²) in [5, 5.41) is 0. The van der Waals surface area contributed by atoms with Gasteiger partial charge in [0.15, 0.2) is 0 Å². The molecule has 0 atom stereocenters. The Kier molecular flexibility index (Phi) is 5.29. The van der Waals surface area contributed by atoms with Gasteiger partial charge in [0.1, 0.15) is 0 Å². The van der Waals surface area contributed by atoms with E-state index in [1.165, 1.54) is 4.31 Å². The van der Waals surface area contributed by atoms with Crippen LogP contribution in [0, 0.1) is 5.92 Å². The lowest BCUT2D eigenvalue weighted by Gasteiger charge is -2.31. The monoisotopic (exact) mass is 375 g/mol. The zero-order chi connectivity index (χ0) is 15.6. The summed E-state index contributed by atoms with van der Waals surface area (Å²) in [6.07, 6.45) is 2.09. The van der Waals surface area contributed by atoms with Crippen LogP contribution in [0.4, 0.5) is 5.69 Å². The molecule has 118 valence electrons. The number of benzene rings is 1. The van der Waals surface area contributed by atoms with Crippen molar-refractivity contribution in [2.45, 2.75) is 17.7 Å². The third-order valence-corrected chi connectivity index (χ3v) is 6.54. The third-order valence-electron chi connectivity index (χ3n) is 4.03. The highest BCUT2D eigenvalue weighted by atomic mass is 79.9. The van der Waals surface area contributed by atoms with Gasteiger partial charge in [-0.25, -0.2) is 12.7 Å². The Morgan fingerprint density at radius 1 is 1.38 bits per heavy atom. The number of hydrogen-bond donors (Lipinski definition) is 1. The first-order valence-corrected chi connectivity index (χ1v) is 9.24. The van der Waals surface area contributed by atoms with Crippen molar-refractivity contribution >= 4 is 31.6 Å². The molecule has 0 spiro atoms. The number of nitrogen functional groups attached to an aromatic ring is 1. The van der Waals surface area contributed by atoms with Gasteiger partial charge in [-0.3, -0.25) is 0 Å². The van der Waals surface area contributed by atoms with Crippen molar-refractivity contribution in [2.24, 2.45) is 5.92 Å². The van der Waals surface area contributed by atoms with Crippen LogP contribution in [0.3, 0.4) is 0 Å². The summed E-state index contributed by atoms with van der Waals surface area (Å²) >= 11 is 3.28. The van der Waals surface area contributed by atoms with Crippen molar-refractivity contribution in [1.29, 1.82) is 0 Å². The smallest absolute Gasteiger partial charge is 0.242 e. The van der Waals surface area contributed by atoms with Crippen molar-refractivity contribution in [3.8, 4) is 0 Å². The number of rotatable bonds is 4. The summed E-state index contributed by atoms with van der Waals surface area (Å²) < 4.78 is 27.2. The summed E-state index contributed by atoms with van der Waals surface area (Å²) in [5.41, 5.74) is 6.24. The van der Waals surface area contributed by atoms with Gasteiger partial charge in [-0.2, -0.15) is 0 Å². The van der Waals surface area contributed by atoms with Crippen LogP contribution in [-0.2, 0) is 10.0 Å². The topological polar surface area (TPSA) is 66.6 Å². The standard InChI is InChI=1S/C14H22BrN3O2S/c1-17-7-5-11(6-8-17)10-18(2)21(19,20)12-3-4-14(16)13(15)9-12/h3-4,9,11H,5-8,10,16H2,1-2H3. The van der Waals surface area contributed by atoms with Gasteiger partial charge < -0.3 is 10.6 Å². The summed E-state index contributed by atoms with van der Waals surface area (Å²) in [5.74, 6) is 0.429. The average Bonchev–Trinajstić information content (AvgIpc) is 2.44. The van der Waals surface area contributed by atoms with E-state index >= 15 is 0 Å². The number of piperidine rings is 1. The molecule has 1 aliphatic rings. The minimum atomic E-state index is -3.46. The number of hydrogen-bond acceptors (Lipinski definition) is 4. The maximum atomic E-state index is 12.6. The van der Waals surface area contributed by atoms with Crippen molar-refractivity contribution in [1.82, 2.24) is 9.21 Å². The molecule has 1 heterocycles. The zero-order valence-electron chi connectivity index (χ0n) is 12.4. The van der Waals surface area contributed by atoms with Crippen LogP contribution in [0.1, 0.15) is 12.8 Å². The minimum Gasteiger partial charge on any atom is -0.398 e. The van der Waals surface area contributed by atoms with E-state index in [2.05, 4.69) is 27.9 Å². The third kappa shape index (κ3) is 3.97. The largest absolute Gasteiger partial charge is 0.398 e. The molecule has 1 aliphatic heterocycles. The number of anilines is 1. The molecular weight excluding hydrogens is 354 g/mol. The lowest BCUT2D eigenvalue weighted by molar-refractivity contribution is 0.202. The molecule has 0 aromatic heterocycles. The Morgan fingerprint density at radius 2 is 2.00 bits per heavy atom. The Hall–Kier alpha value is -0.630.